The van der Waals surface area contributed by atoms with Crippen molar-refractivity contribution in [1.82, 2.24) is 4.37 Å². The van der Waals surface area contributed by atoms with Gasteiger partial charge in [-0.15, -0.1) is 0 Å². The normalized spacial score (nSPS) is 10.4. The number of hydrogen-bond acceptors (Lipinski definition) is 3. The van der Waals surface area contributed by atoms with Gasteiger partial charge in [0, 0.05) is 17.8 Å². The molecule has 14 heavy (non-hydrogen) atoms. The fourth-order valence-electron chi connectivity index (χ4n) is 1.33. The van der Waals surface area contributed by atoms with Gasteiger partial charge in [0.25, 0.3) is 0 Å². The van der Waals surface area contributed by atoms with Gasteiger partial charge in [0.2, 0.25) is 0 Å². The Labute approximate surface area is 91.5 Å². The van der Waals surface area contributed by atoms with Gasteiger partial charge in [0.1, 0.15) is 0 Å². The van der Waals surface area contributed by atoms with Gasteiger partial charge in [-0.1, -0.05) is 17.7 Å². The first-order valence-electron chi connectivity index (χ1n) is 4.21. The Morgan fingerprint density at radius 1 is 1.36 bits per heavy atom. The molecule has 0 aliphatic heterocycles. The third kappa shape index (κ3) is 1.80. The van der Waals surface area contributed by atoms with Crippen molar-refractivity contribution in [3.05, 3.63) is 41.0 Å². The molecule has 0 aliphatic rings. The van der Waals surface area contributed by atoms with Gasteiger partial charge in [0.15, 0.2) is 0 Å². The molecular formula is C10H9ClN2S. The second kappa shape index (κ2) is 4.09. The van der Waals surface area contributed by atoms with E-state index in [2.05, 4.69) is 4.37 Å². The Morgan fingerprint density at radius 3 is 2.86 bits per heavy atom. The summed E-state index contributed by atoms with van der Waals surface area (Å²) in [6, 6.07) is 7.73. The van der Waals surface area contributed by atoms with Crippen LogP contribution in [0.3, 0.4) is 0 Å². The summed E-state index contributed by atoms with van der Waals surface area (Å²) in [6.07, 6.45) is 1.79. The molecule has 0 spiro atoms. The van der Waals surface area contributed by atoms with E-state index < -0.39 is 0 Å². The third-order valence-electron chi connectivity index (χ3n) is 1.99. The molecule has 4 heteroatoms. The number of rotatable bonds is 2. The van der Waals surface area contributed by atoms with Crippen LogP contribution in [0.15, 0.2) is 30.5 Å². The molecule has 2 aromatic rings. The smallest absolute Gasteiger partial charge is 0.0553 e. The van der Waals surface area contributed by atoms with E-state index in [1.807, 2.05) is 24.3 Å². The van der Waals surface area contributed by atoms with Gasteiger partial charge in [-0.2, -0.15) is 0 Å². The van der Waals surface area contributed by atoms with Crippen molar-refractivity contribution < 1.29 is 0 Å². The van der Waals surface area contributed by atoms with Gasteiger partial charge in [-0.25, -0.2) is 4.37 Å². The Hall–Kier alpha value is -0.900. The second-order valence-corrected chi connectivity index (χ2v) is 4.15. The lowest BCUT2D eigenvalue weighted by molar-refractivity contribution is 1.08. The maximum atomic E-state index is 5.89. The van der Waals surface area contributed by atoms with Crippen LogP contribution in [-0.2, 0) is 6.54 Å². The fourth-order valence-corrected chi connectivity index (χ4v) is 2.18. The van der Waals surface area contributed by atoms with Crippen LogP contribution in [0.5, 0.6) is 0 Å². The van der Waals surface area contributed by atoms with Crippen LogP contribution in [0.2, 0.25) is 5.02 Å². The fraction of sp³-hybridized carbons (Fsp3) is 0.100. The molecule has 1 heterocycles. The lowest BCUT2D eigenvalue weighted by Gasteiger charge is -2.05. The van der Waals surface area contributed by atoms with Crippen LogP contribution in [0, 0.1) is 0 Å². The molecular weight excluding hydrogens is 216 g/mol. The number of nitrogens with zero attached hydrogens (tertiary/aromatic N) is 1. The highest BCUT2D eigenvalue weighted by Gasteiger charge is 2.05. The molecule has 2 nitrogen and oxygen atoms in total. The Balaban J connectivity index is 2.53. The molecule has 0 atom stereocenters. The van der Waals surface area contributed by atoms with E-state index in [1.165, 1.54) is 11.5 Å². The number of aromatic nitrogens is 1. The van der Waals surface area contributed by atoms with Crippen molar-refractivity contribution in [2.24, 2.45) is 5.73 Å². The Bertz CT molecular complexity index is 426. The van der Waals surface area contributed by atoms with Gasteiger partial charge < -0.3 is 5.73 Å². The molecule has 0 radical (unpaired) electrons. The highest BCUT2D eigenvalue weighted by molar-refractivity contribution is 7.09. The highest BCUT2D eigenvalue weighted by Crippen LogP contribution is 2.28. The summed E-state index contributed by atoms with van der Waals surface area (Å²) in [4.78, 5) is 1.13. The van der Waals surface area contributed by atoms with Crippen LogP contribution in [0.1, 0.15) is 5.56 Å². The number of halogens is 1. The molecule has 72 valence electrons. The molecule has 0 fully saturated rings. The number of hydrogen-bond donors (Lipinski definition) is 1. The zero-order chi connectivity index (χ0) is 9.97. The van der Waals surface area contributed by atoms with Gasteiger partial charge >= 0.3 is 0 Å². The minimum absolute atomic E-state index is 0.494. The molecule has 2 N–H and O–H groups in total. The largest absolute Gasteiger partial charge is 0.326 e. The number of benzene rings is 1. The predicted molar refractivity (Wildman–Crippen MR) is 60.5 cm³/mol. The molecule has 1 aromatic heterocycles. The van der Waals surface area contributed by atoms with Crippen LogP contribution in [0.25, 0.3) is 10.4 Å². The first-order valence-corrected chi connectivity index (χ1v) is 5.36. The van der Waals surface area contributed by atoms with Crippen molar-refractivity contribution in [3.8, 4) is 10.4 Å². The quantitative estimate of drug-likeness (QED) is 0.852. The zero-order valence-corrected chi connectivity index (χ0v) is 8.98. The van der Waals surface area contributed by atoms with Crippen molar-refractivity contribution in [3.63, 3.8) is 0 Å². The summed E-state index contributed by atoms with van der Waals surface area (Å²) >= 11 is 7.35. The van der Waals surface area contributed by atoms with E-state index in [1.54, 1.807) is 6.20 Å². The first-order chi connectivity index (χ1) is 6.81. The molecule has 0 saturated carbocycles. The van der Waals surface area contributed by atoms with Crippen molar-refractivity contribution in [2.75, 3.05) is 0 Å². The summed E-state index contributed by atoms with van der Waals surface area (Å²) in [5.74, 6) is 0. The monoisotopic (exact) mass is 224 g/mol. The molecule has 0 bridgehead atoms. The maximum Gasteiger partial charge on any atom is 0.0553 e. The average molecular weight is 225 g/mol. The summed E-state index contributed by atoms with van der Waals surface area (Å²) in [7, 11) is 0. The van der Waals surface area contributed by atoms with Crippen LogP contribution in [0.4, 0.5) is 0 Å². The van der Waals surface area contributed by atoms with E-state index in [-0.39, 0.29) is 0 Å². The third-order valence-corrected chi connectivity index (χ3v) is 3.01. The molecule has 0 unspecified atom stereocenters. The predicted octanol–water partition coefficient (Wildman–Crippen LogP) is 2.92. The SMILES string of the molecule is NCc1cc(Cl)ccc1-c1ccns1. The standard InChI is InChI=1S/C10H9ClN2S/c11-8-1-2-9(7(5-8)6-12)10-3-4-13-14-10/h1-5H,6,12H2. The average Bonchev–Trinajstić information content (AvgIpc) is 2.70. The zero-order valence-electron chi connectivity index (χ0n) is 7.40. The lowest BCUT2D eigenvalue weighted by Crippen LogP contribution is -1.98. The Morgan fingerprint density at radius 2 is 2.21 bits per heavy atom. The Kier molecular flexibility index (Phi) is 2.82. The molecule has 0 amide bonds. The van der Waals surface area contributed by atoms with Crippen molar-refractivity contribution in [1.29, 1.82) is 0 Å². The highest BCUT2D eigenvalue weighted by atomic mass is 35.5. The van der Waals surface area contributed by atoms with Crippen molar-refractivity contribution >= 4 is 23.1 Å². The summed E-state index contributed by atoms with van der Waals surface area (Å²) in [5.41, 5.74) is 7.83. The maximum absolute atomic E-state index is 5.89. The van der Waals surface area contributed by atoms with Crippen molar-refractivity contribution in [2.45, 2.75) is 6.54 Å². The van der Waals surface area contributed by atoms with E-state index in [0.29, 0.717) is 6.54 Å². The topological polar surface area (TPSA) is 38.9 Å². The second-order valence-electron chi connectivity index (χ2n) is 2.88. The van der Waals surface area contributed by atoms with E-state index in [4.69, 9.17) is 17.3 Å². The lowest BCUT2D eigenvalue weighted by atomic mass is 10.1. The molecule has 0 aliphatic carbocycles. The summed E-state index contributed by atoms with van der Waals surface area (Å²) in [5, 5.41) is 0.721. The minimum atomic E-state index is 0.494. The molecule has 2 rings (SSSR count). The van der Waals surface area contributed by atoms with Crippen LogP contribution < -0.4 is 5.73 Å². The van der Waals surface area contributed by atoms with Crippen LogP contribution in [-0.4, -0.2) is 4.37 Å². The first kappa shape index (κ1) is 9.65. The number of nitrogens with two attached hydrogens (primary N) is 1. The summed E-state index contributed by atoms with van der Waals surface area (Å²) in [6.45, 7) is 0.494. The van der Waals surface area contributed by atoms with Gasteiger partial charge in [0.05, 0.1) is 4.88 Å². The van der Waals surface area contributed by atoms with Gasteiger partial charge in [-0.3, -0.25) is 0 Å². The van der Waals surface area contributed by atoms with Crippen LogP contribution >= 0.6 is 23.1 Å². The van der Waals surface area contributed by atoms with E-state index >= 15 is 0 Å². The minimum Gasteiger partial charge on any atom is -0.326 e. The van der Waals surface area contributed by atoms with E-state index in [0.717, 1.165) is 21.0 Å². The molecule has 0 saturated heterocycles. The van der Waals surface area contributed by atoms with E-state index in [9.17, 15) is 0 Å². The molecule has 1 aromatic carbocycles. The van der Waals surface area contributed by atoms with Gasteiger partial charge in [-0.05, 0) is 40.9 Å². The summed E-state index contributed by atoms with van der Waals surface area (Å²) < 4.78 is 4.06.